The molecule has 0 rings (SSSR count). The molecular weight excluding hydrogens is 126 g/mol. The van der Waals surface area contributed by atoms with E-state index in [0.717, 1.165) is 0 Å². The second-order valence-electron chi connectivity index (χ2n) is 1.30. The number of hydrogen-bond acceptors (Lipinski definition) is 3. The van der Waals surface area contributed by atoms with Crippen LogP contribution in [0.1, 0.15) is 0 Å². The van der Waals surface area contributed by atoms with Gasteiger partial charge in [-0.05, 0) is 6.26 Å². The van der Waals surface area contributed by atoms with Crippen LogP contribution in [0.25, 0.3) is 0 Å². The van der Waals surface area contributed by atoms with Crippen molar-refractivity contribution < 1.29 is 9.90 Å². The molecule has 0 aliphatic rings. The van der Waals surface area contributed by atoms with E-state index in [-0.39, 0.29) is 6.54 Å². The quantitative estimate of drug-likeness (QED) is 0.560. The lowest BCUT2D eigenvalue weighted by Crippen LogP contribution is -2.25. The third-order valence-electron chi connectivity index (χ3n) is 0.774. The molecule has 0 saturated carbocycles. The third-order valence-corrected chi connectivity index (χ3v) is 1.74. The van der Waals surface area contributed by atoms with Gasteiger partial charge in [-0.25, -0.2) is 0 Å². The highest BCUT2D eigenvalue weighted by atomic mass is 32.2. The van der Waals surface area contributed by atoms with Crippen molar-refractivity contribution in [3.63, 3.8) is 0 Å². The maximum Gasteiger partial charge on any atom is 0.317 e. The highest BCUT2D eigenvalue weighted by Gasteiger charge is 2.11. The van der Waals surface area contributed by atoms with Gasteiger partial charge in [0.2, 0.25) is 0 Å². The van der Waals surface area contributed by atoms with Gasteiger partial charge in [0.05, 0.1) is 0 Å². The van der Waals surface area contributed by atoms with Crippen LogP contribution in [0.5, 0.6) is 0 Å². The van der Waals surface area contributed by atoms with Gasteiger partial charge in [0.15, 0.2) is 0 Å². The first-order valence-electron chi connectivity index (χ1n) is 2.18. The number of carboxylic acid groups (broad SMARTS) is 1. The van der Waals surface area contributed by atoms with Crippen molar-refractivity contribution in [1.82, 2.24) is 0 Å². The zero-order chi connectivity index (χ0) is 6.57. The van der Waals surface area contributed by atoms with Gasteiger partial charge in [0.25, 0.3) is 0 Å². The molecular formula is C4H9NO2S. The molecule has 1 atom stereocenters. The lowest BCUT2D eigenvalue weighted by molar-refractivity contribution is -0.136. The van der Waals surface area contributed by atoms with Gasteiger partial charge in [-0.1, -0.05) is 0 Å². The Morgan fingerprint density at radius 1 is 2.00 bits per heavy atom. The van der Waals surface area contributed by atoms with Crippen molar-refractivity contribution >= 4 is 17.7 Å². The predicted molar refractivity (Wildman–Crippen MR) is 34.0 cm³/mol. The van der Waals surface area contributed by atoms with Gasteiger partial charge in [0.1, 0.15) is 5.25 Å². The lowest BCUT2D eigenvalue weighted by Gasteiger charge is -2.02. The first-order valence-corrected chi connectivity index (χ1v) is 3.46. The molecule has 0 amide bonds. The van der Waals surface area contributed by atoms with E-state index in [2.05, 4.69) is 0 Å². The summed E-state index contributed by atoms with van der Waals surface area (Å²) in [6.45, 7) is 0.205. The molecule has 48 valence electrons. The smallest absolute Gasteiger partial charge is 0.317 e. The normalized spacial score (nSPS) is 13.2. The van der Waals surface area contributed by atoms with E-state index in [1.165, 1.54) is 11.8 Å². The fourth-order valence-corrected chi connectivity index (χ4v) is 0.692. The minimum atomic E-state index is -0.833. The van der Waals surface area contributed by atoms with Crippen molar-refractivity contribution in [3.8, 4) is 0 Å². The lowest BCUT2D eigenvalue weighted by atomic mass is 10.4. The molecule has 0 aromatic heterocycles. The average molecular weight is 135 g/mol. The zero-order valence-corrected chi connectivity index (χ0v) is 5.44. The van der Waals surface area contributed by atoms with E-state index in [1.807, 2.05) is 0 Å². The van der Waals surface area contributed by atoms with Gasteiger partial charge in [-0.2, -0.15) is 0 Å². The van der Waals surface area contributed by atoms with Crippen LogP contribution in [0.2, 0.25) is 0 Å². The topological polar surface area (TPSA) is 63.3 Å². The second kappa shape index (κ2) is 3.74. The Labute approximate surface area is 52.3 Å². The number of carboxylic acids is 1. The van der Waals surface area contributed by atoms with E-state index in [0.29, 0.717) is 0 Å². The van der Waals surface area contributed by atoms with Gasteiger partial charge < -0.3 is 10.8 Å². The summed E-state index contributed by atoms with van der Waals surface area (Å²) < 4.78 is 0. The van der Waals surface area contributed by atoms with E-state index in [9.17, 15) is 4.79 Å². The number of hydrogen-bond donors (Lipinski definition) is 2. The highest BCUT2D eigenvalue weighted by Crippen LogP contribution is 2.02. The van der Waals surface area contributed by atoms with Crippen LogP contribution in [0.15, 0.2) is 0 Å². The Morgan fingerprint density at radius 2 is 2.50 bits per heavy atom. The SMILES string of the molecule is CSC(CN)C(=O)O. The summed E-state index contributed by atoms with van der Waals surface area (Å²) in [5.41, 5.74) is 5.08. The molecule has 3 N–H and O–H groups in total. The molecule has 1 unspecified atom stereocenters. The largest absolute Gasteiger partial charge is 0.480 e. The summed E-state index contributed by atoms with van der Waals surface area (Å²) in [5.74, 6) is -0.833. The second-order valence-corrected chi connectivity index (χ2v) is 2.34. The Morgan fingerprint density at radius 3 is 2.50 bits per heavy atom. The monoisotopic (exact) mass is 135 g/mol. The summed E-state index contributed by atoms with van der Waals surface area (Å²) in [4.78, 5) is 10.1. The zero-order valence-electron chi connectivity index (χ0n) is 4.63. The standard InChI is InChI=1S/C4H9NO2S/c1-8-3(2-5)4(6)7/h3H,2,5H2,1H3,(H,6,7). The third kappa shape index (κ3) is 2.18. The van der Waals surface area contributed by atoms with E-state index >= 15 is 0 Å². The van der Waals surface area contributed by atoms with Crippen LogP contribution < -0.4 is 5.73 Å². The summed E-state index contributed by atoms with van der Waals surface area (Å²) in [6, 6.07) is 0. The molecule has 0 spiro atoms. The minimum Gasteiger partial charge on any atom is -0.480 e. The molecule has 0 fully saturated rings. The molecule has 0 saturated heterocycles. The van der Waals surface area contributed by atoms with Gasteiger partial charge >= 0.3 is 5.97 Å². The maximum absolute atomic E-state index is 10.1. The van der Waals surface area contributed by atoms with E-state index < -0.39 is 11.2 Å². The molecule has 0 aliphatic carbocycles. The van der Waals surface area contributed by atoms with Crippen LogP contribution in [0, 0.1) is 0 Å². The van der Waals surface area contributed by atoms with Gasteiger partial charge in [-0.3, -0.25) is 4.79 Å². The first kappa shape index (κ1) is 7.78. The summed E-state index contributed by atoms with van der Waals surface area (Å²) in [6.07, 6.45) is 1.73. The first-order chi connectivity index (χ1) is 3.72. The molecule has 0 bridgehead atoms. The summed E-state index contributed by atoms with van der Waals surface area (Å²) in [7, 11) is 0. The molecule has 8 heavy (non-hydrogen) atoms. The summed E-state index contributed by atoms with van der Waals surface area (Å²) in [5, 5.41) is 7.84. The maximum atomic E-state index is 10.1. The molecule has 0 aromatic carbocycles. The van der Waals surface area contributed by atoms with Gasteiger partial charge in [-0.15, -0.1) is 11.8 Å². The molecule has 0 radical (unpaired) electrons. The Balaban J connectivity index is 3.52. The van der Waals surface area contributed by atoms with Gasteiger partial charge in [0, 0.05) is 6.54 Å². The van der Waals surface area contributed by atoms with Crippen LogP contribution in [0.4, 0.5) is 0 Å². The number of thioether (sulfide) groups is 1. The molecule has 0 aromatic rings. The van der Waals surface area contributed by atoms with Crippen LogP contribution in [-0.4, -0.2) is 29.1 Å². The number of aliphatic carboxylic acids is 1. The molecule has 0 heterocycles. The van der Waals surface area contributed by atoms with Crippen molar-refractivity contribution in [3.05, 3.63) is 0 Å². The van der Waals surface area contributed by atoms with Crippen LogP contribution in [-0.2, 0) is 4.79 Å². The predicted octanol–water partition coefficient (Wildman–Crippen LogP) is -0.239. The fraction of sp³-hybridized carbons (Fsp3) is 0.750. The Bertz CT molecular complexity index is 82.1. The van der Waals surface area contributed by atoms with Crippen molar-refractivity contribution in [2.45, 2.75) is 5.25 Å². The highest BCUT2D eigenvalue weighted by molar-refractivity contribution is 7.99. The van der Waals surface area contributed by atoms with Crippen LogP contribution >= 0.6 is 11.8 Å². The van der Waals surface area contributed by atoms with Crippen molar-refractivity contribution in [1.29, 1.82) is 0 Å². The number of rotatable bonds is 3. The van der Waals surface area contributed by atoms with Crippen molar-refractivity contribution in [2.75, 3.05) is 12.8 Å². The van der Waals surface area contributed by atoms with E-state index in [1.54, 1.807) is 6.26 Å². The van der Waals surface area contributed by atoms with Crippen LogP contribution in [0.3, 0.4) is 0 Å². The average Bonchev–Trinajstić information content (AvgIpc) is 1.69. The van der Waals surface area contributed by atoms with E-state index in [4.69, 9.17) is 10.8 Å². The Kier molecular flexibility index (Phi) is 3.64. The minimum absolute atomic E-state index is 0.205. The number of carbonyl (C=O) groups is 1. The molecule has 0 aliphatic heterocycles. The fourth-order valence-electron chi connectivity index (χ4n) is 0.298. The Hall–Kier alpha value is -0.220. The molecule has 4 heteroatoms. The van der Waals surface area contributed by atoms with Crippen molar-refractivity contribution in [2.24, 2.45) is 5.73 Å². The summed E-state index contributed by atoms with van der Waals surface area (Å²) >= 11 is 1.25. The molecule has 3 nitrogen and oxygen atoms in total. The number of nitrogens with two attached hydrogens (primary N) is 1.